The van der Waals surface area contributed by atoms with Crippen molar-refractivity contribution in [2.24, 2.45) is 11.8 Å². The van der Waals surface area contributed by atoms with Gasteiger partial charge in [-0.05, 0) is 67.2 Å². The number of non-ortho nitro benzene ring substituents is 1. The fourth-order valence-electron chi connectivity index (χ4n) is 9.03. The molecule has 55 heavy (non-hydrogen) atoms. The molecule has 0 saturated carbocycles. The predicted octanol–water partition coefficient (Wildman–Crippen LogP) is 4.52. The molecule has 3 aliphatic heterocycles. The van der Waals surface area contributed by atoms with E-state index in [0.29, 0.717) is 48.6 Å². The van der Waals surface area contributed by atoms with Gasteiger partial charge in [-0.3, -0.25) is 24.4 Å². The first-order valence-electron chi connectivity index (χ1n) is 19.0. The van der Waals surface area contributed by atoms with E-state index in [1.807, 2.05) is 42.6 Å². The molecule has 1 aromatic heterocycles. The van der Waals surface area contributed by atoms with E-state index in [4.69, 9.17) is 9.47 Å². The smallest absolute Gasteiger partial charge is 0.269 e. The highest BCUT2D eigenvalue weighted by molar-refractivity contribution is 6.91. The Labute approximate surface area is 321 Å². The number of anilines is 2. The van der Waals surface area contributed by atoms with Gasteiger partial charge in [0.1, 0.15) is 5.75 Å². The van der Waals surface area contributed by atoms with Gasteiger partial charge >= 0.3 is 0 Å². The van der Waals surface area contributed by atoms with E-state index in [2.05, 4.69) is 53.1 Å². The Hall–Kier alpha value is -4.96. The molecular weight excluding hydrogens is 719 g/mol. The first-order valence-corrected chi connectivity index (χ1v) is 22.1. The second kappa shape index (κ2) is 15.6. The number of hydrogen-bond acceptors (Lipinski definition) is 10. The zero-order valence-corrected chi connectivity index (χ0v) is 32.7. The molecule has 2 saturated heterocycles. The summed E-state index contributed by atoms with van der Waals surface area (Å²) in [5.41, 5.74) is 1.49. The van der Waals surface area contributed by atoms with Crippen LogP contribution in [0.1, 0.15) is 43.0 Å². The average Bonchev–Trinajstić information content (AvgIpc) is 3.84. The van der Waals surface area contributed by atoms with Crippen LogP contribution < -0.4 is 25.5 Å². The Balaban J connectivity index is 1.25. The van der Waals surface area contributed by atoms with Gasteiger partial charge in [0, 0.05) is 61.6 Å². The number of aromatic nitrogens is 3. The third kappa shape index (κ3) is 7.28. The van der Waals surface area contributed by atoms with Gasteiger partial charge in [-0.1, -0.05) is 54.7 Å². The summed E-state index contributed by atoms with van der Waals surface area (Å²) in [6.07, 6.45) is 4.09. The maximum Gasteiger partial charge on any atom is 0.269 e. The van der Waals surface area contributed by atoms with Gasteiger partial charge in [0.15, 0.2) is 5.60 Å². The van der Waals surface area contributed by atoms with E-state index in [1.54, 1.807) is 22.8 Å². The van der Waals surface area contributed by atoms with Crippen molar-refractivity contribution in [3.8, 4) is 5.75 Å². The average molecular weight is 768 g/mol. The number of aliphatic hydroxyl groups excluding tert-OH is 1. The SMILES string of the molecule is COc1ccc([Si](C)(C)[C@@H]2[C@@H](CCn3cc(CCO)nn3)O[C@]3(C(=O)N(Cc4cccc(NC(=O)C5CCCNC5)c4)c4ccc([N+](=O)[O-])cc43)[C@H]2C)cc1. The number of amides is 2. The highest BCUT2D eigenvalue weighted by Crippen LogP contribution is 2.60. The number of carbonyl (C=O) groups excluding carboxylic acids is 2. The van der Waals surface area contributed by atoms with Crippen LogP contribution in [0.25, 0.3) is 0 Å². The number of aliphatic hydroxyl groups is 1. The molecule has 4 aromatic rings. The summed E-state index contributed by atoms with van der Waals surface area (Å²) >= 11 is 0. The van der Waals surface area contributed by atoms with Crippen LogP contribution >= 0.6 is 0 Å². The molecule has 0 bridgehead atoms. The zero-order chi connectivity index (χ0) is 38.9. The molecule has 290 valence electrons. The third-order valence-electron chi connectivity index (χ3n) is 11.8. The lowest BCUT2D eigenvalue weighted by Gasteiger charge is -2.37. The number of piperidine rings is 1. The second-order valence-electron chi connectivity index (χ2n) is 15.5. The molecule has 3 aromatic carbocycles. The standard InChI is InChI=1S/C40H49N7O7Si/c1-26-37(55(3,4)33-13-11-32(53-2)12-14-33)36(16-19-45-25-30(17-20-48)43-44-45)54-40(26)34-22-31(47(51)52)10-15-35(34)46(39(40)50)24-27-7-5-9-29(21-27)42-38(49)28-8-6-18-41-23-28/h5,7,9-15,21-22,25-26,28,36-37,41,48H,6,8,16-20,23-24H2,1-4H3,(H,42,49)/t26-,28?,36+,37-,40+/m0/s1. The van der Waals surface area contributed by atoms with Crippen LogP contribution in [0.2, 0.25) is 18.6 Å². The number of rotatable bonds is 13. The highest BCUT2D eigenvalue weighted by Gasteiger charge is 2.66. The summed E-state index contributed by atoms with van der Waals surface area (Å²) in [5, 5.41) is 37.6. The van der Waals surface area contributed by atoms with Crippen molar-refractivity contribution in [2.45, 2.75) is 76.0 Å². The Bertz CT molecular complexity index is 2050. The molecule has 3 N–H and O–H groups in total. The Kier molecular flexibility index (Phi) is 10.9. The molecule has 14 nitrogen and oxygen atoms in total. The highest BCUT2D eigenvalue weighted by atomic mass is 28.3. The monoisotopic (exact) mass is 767 g/mol. The number of carbonyl (C=O) groups is 2. The van der Waals surface area contributed by atoms with E-state index in [9.17, 15) is 20.0 Å². The molecule has 1 spiro atoms. The number of nitro groups is 1. The van der Waals surface area contributed by atoms with Gasteiger partial charge in [0.05, 0.1) is 50.1 Å². The summed E-state index contributed by atoms with van der Waals surface area (Å²) in [6.45, 7) is 8.79. The number of nitrogens with zero attached hydrogens (tertiary/aromatic N) is 5. The van der Waals surface area contributed by atoms with Crippen molar-refractivity contribution >= 4 is 42.1 Å². The molecular formula is C40H49N7O7Si. The number of ether oxygens (including phenoxy) is 2. The number of benzene rings is 3. The van der Waals surface area contributed by atoms with Crippen LogP contribution in [-0.2, 0) is 39.4 Å². The van der Waals surface area contributed by atoms with E-state index in [0.717, 1.165) is 30.7 Å². The summed E-state index contributed by atoms with van der Waals surface area (Å²) < 4.78 is 14.4. The number of methoxy groups -OCH3 is 1. The van der Waals surface area contributed by atoms with Crippen LogP contribution in [0.5, 0.6) is 5.75 Å². The van der Waals surface area contributed by atoms with Gasteiger partial charge < -0.3 is 30.1 Å². The van der Waals surface area contributed by atoms with Gasteiger partial charge in [-0.15, -0.1) is 5.10 Å². The van der Waals surface area contributed by atoms with E-state index in [1.165, 1.54) is 17.3 Å². The lowest BCUT2D eigenvalue weighted by molar-refractivity contribution is -0.385. The number of hydrogen-bond donors (Lipinski definition) is 3. The Morgan fingerprint density at radius 1 is 1.18 bits per heavy atom. The van der Waals surface area contributed by atoms with Crippen LogP contribution in [-0.4, -0.2) is 77.8 Å². The summed E-state index contributed by atoms with van der Waals surface area (Å²) in [7, 11) is -0.841. The van der Waals surface area contributed by atoms with Crippen molar-refractivity contribution in [1.82, 2.24) is 20.3 Å². The number of nitrogens with one attached hydrogen (secondary N) is 2. The first-order chi connectivity index (χ1) is 26.5. The molecule has 15 heteroatoms. The van der Waals surface area contributed by atoms with Crippen molar-refractivity contribution in [3.05, 3.63) is 99.9 Å². The number of fused-ring (bicyclic) bond motifs is 2. The van der Waals surface area contributed by atoms with Crippen LogP contribution in [0.4, 0.5) is 17.1 Å². The van der Waals surface area contributed by atoms with Crippen LogP contribution in [0, 0.1) is 22.0 Å². The van der Waals surface area contributed by atoms with Crippen molar-refractivity contribution < 1.29 is 29.1 Å². The fourth-order valence-corrected chi connectivity index (χ4v) is 13.1. The molecule has 0 aliphatic carbocycles. The third-order valence-corrected chi connectivity index (χ3v) is 16.2. The summed E-state index contributed by atoms with van der Waals surface area (Å²) in [4.78, 5) is 41.8. The summed E-state index contributed by atoms with van der Waals surface area (Å²) in [5.74, 6) is -0.0340. The van der Waals surface area contributed by atoms with Crippen molar-refractivity contribution in [3.63, 3.8) is 0 Å². The molecule has 2 amide bonds. The molecule has 2 fully saturated rings. The zero-order valence-electron chi connectivity index (χ0n) is 31.7. The maximum absolute atomic E-state index is 15.2. The van der Waals surface area contributed by atoms with Gasteiger partial charge in [-0.25, -0.2) is 0 Å². The molecule has 7 rings (SSSR count). The van der Waals surface area contributed by atoms with E-state index >= 15 is 4.79 Å². The summed E-state index contributed by atoms with van der Waals surface area (Å²) in [6, 6.07) is 20.2. The Morgan fingerprint density at radius 3 is 2.69 bits per heavy atom. The largest absolute Gasteiger partial charge is 0.497 e. The normalized spacial score (nSPS) is 23.6. The topological polar surface area (TPSA) is 174 Å². The molecule has 4 heterocycles. The van der Waals surface area contributed by atoms with Gasteiger partial charge in [-0.2, -0.15) is 0 Å². The maximum atomic E-state index is 15.2. The van der Waals surface area contributed by atoms with Gasteiger partial charge in [0.2, 0.25) is 5.91 Å². The molecule has 3 aliphatic rings. The minimum absolute atomic E-state index is 0.0323. The van der Waals surface area contributed by atoms with Crippen LogP contribution in [0.15, 0.2) is 72.9 Å². The van der Waals surface area contributed by atoms with Crippen molar-refractivity contribution in [2.75, 3.05) is 37.0 Å². The first kappa shape index (κ1) is 38.3. The minimum Gasteiger partial charge on any atom is -0.497 e. The quantitative estimate of drug-likeness (QED) is 0.0998. The fraction of sp³-hybridized carbons (Fsp3) is 0.450. The van der Waals surface area contributed by atoms with Crippen molar-refractivity contribution in [1.29, 1.82) is 0 Å². The minimum atomic E-state index is -2.48. The predicted molar refractivity (Wildman–Crippen MR) is 210 cm³/mol. The van der Waals surface area contributed by atoms with Crippen LogP contribution in [0.3, 0.4) is 0 Å². The lowest BCUT2D eigenvalue weighted by atomic mass is 9.82. The second-order valence-corrected chi connectivity index (χ2v) is 20.2. The number of aryl methyl sites for hydroxylation is 1. The number of nitro benzene ring substituents is 1. The van der Waals surface area contributed by atoms with E-state index < -0.39 is 24.7 Å². The lowest BCUT2D eigenvalue weighted by Crippen LogP contribution is -2.51. The molecule has 5 atom stereocenters. The Morgan fingerprint density at radius 2 is 1.98 bits per heavy atom. The molecule has 0 radical (unpaired) electrons. The molecule has 1 unspecified atom stereocenters. The van der Waals surface area contributed by atoms with E-state index in [-0.39, 0.29) is 48.0 Å². The van der Waals surface area contributed by atoms with Gasteiger partial charge in [0.25, 0.3) is 11.6 Å².